The van der Waals surface area contributed by atoms with E-state index in [-0.39, 0.29) is 24.5 Å². The first-order valence-corrected chi connectivity index (χ1v) is 12.5. The predicted octanol–water partition coefficient (Wildman–Crippen LogP) is 4.45. The summed E-state index contributed by atoms with van der Waals surface area (Å²) in [4.78, 5) is 31.4. The molecule has 1 atom stereocenters. The third-order valence-electron chi connectivity index (χ3n) is 6.08. The SMILES string of the molecule is CCOC1CCCN(C(=O)c2sc(-c3ccccc3)cc2OCC(=O)N2CCCCC2)C1. The molecule has 32 heavy (non-hydrogen) atoms. The van der Waals surface area contributed by atoms with Gasteiger partial charge in [0.2, 0.25) is 0 Å². The van der Waals surface area contributed by atoms with Gasteiger partial charge in [-0.2, -0.15) is 0 Å². The Kier molecular flexibility index (Phi) is 7.81. The topological polar surface area (TPSA) is 59.1 Å². The van der Waals surface area contributed by atoms with Crippen LogP contribution in [0.25, 0.3) is 10.4 Å². The van der Waals surface area contributed by atoms with Crippen molar-refractivity contribution >= 4 is 23.2 Å². The van der Waals surface area contributed by atoms with Gasteiger partial charge in [-0.1, -0.05) is 30.3 Å². The number of likely N-dealkylation sites (tertiary alicyclic amines) is 2. The molecule has 2 saturated heterocycles. The van der Waals surface area contributed by atoms with Crippen molar-refractivity contribution in [3.63, 3.8) is 0 Å². The molecule has 4 rings (SSSR count). The molecule has 0 spiro atoms. The summed E-state index contributed by atoms with van der Waals surface area (Å²) in [6, 6.07) is 11.9. The van der Waals surface area contributed by atoms with Crippen LogP contribution in [0.15, 0.2) is 36.4 Å². The standard InChI is InChI=1S/C25H32N2O4S/c1-2-30-20-12-9-15-27(17-20)25(29)24-21(16-22(32-24)19-10-5-3-6-11-19)31-18-23(28)26-13-7-4-8-14-26/h3,5-6,10-11,16,20H,2,4,7-9,12-15,17-18H2,1H3. The second kappa shape index (κ2) is 11.0. The van der Waals surface area contributed by atoms with E-state index in [0.29, 0.717) is 30.3 Å². The summed E-state index contributed by atoms with van der Waals surface area (Å²) in [5, 5.41) is 0. The molecule has 1 aromatic heterocycles. The van der Waals surface area contributed by atoms with Crippen molar-refractivity contribution < 1.29 is 19.1 Å². The van der Waals surface area contributed by atoms with Gasteiger partial charge in [-0.3, -0.25) is 9.59 Å². The van der Waals surface area contributed by atoms with E-state index in [1.54, 1.807) is 0 Å². The van der Waals surface area contributed by atoms with E-state index in [9.17, 15) is 9.59 Å². The molecule has 0 radical (unpaired) electrons. The normalized spacial score (nSPS) is 19.1. The van der Waals surface area contributed by atoms with Crippen LogP contribution in [-0.4, -0.2) is 67.1 Å². The Morgan fingerprint density at radius 1 is 1.03 bits per heavy atom. The second-order valence-electron chi connectivity index (χ2n) is 8.37. The third-order valence-corrected chi connectivity index (χ3v) is 7.23. The van der Waals surface area contributed by atoms with Gasteiger partial charge < -0.3 is 19.3 Å². The molecule has 0 aliphatic carbocycles. The van der Waals surface area contributed by atoms with E-state index in [2.05, 4.69) is 0 Å². The Hall–Kier alpha value is -2.38. The van der Waals surface area contributed by atoms with E-state index in [1.165, 1.54) is 17.8 Å². The van der Waals surface area contributed by atoms with Gasteiger partial charge in [0.1, 0.15) is 10.6 Å². The summed E-state index contributed by atoms with van der Waals surface area (Å²) in [7, 11) is 0. The van der Waals surface area contributed by atoms with Gasteiger partial charge in [0, 0.05) is 37.7 Å². The van der Waals surface area contributed by atoms with Gasteiger partial charge in [-0.15, -0.1) is 11.3 Å². The number of thiophene rings is 1. The molecule has 3 heterocycles. The predicted molar refractivity (Wildman–Crippen MR) is 126 cm³/mol. The fourth-order valence-corrected chi connectivity index (χ4v) is 5.46. The zero-order valence-corrected chi connectivity index (χ0v) is 19.6. The van der Waals surface area contributed by atoms with Crippen LogP contribution < -0.4 is 4.74 Å². The number of amides is 2. The molecule has 7 heteroatoms. The van der Waals surface area contributed by atoms with Crippen LogP contribution in [0.2, 0.25) is 0 Å². The molecule has 172 valence electrons. The minimum absolute atomic E-state index is 0.00931. The van der Waals surface area contributed by atoms with Gasteiger partial charge in [-0.05, 0) is 50.7 Å². The number of carbonyl (C=O) groups excluding carboxylic acids is 2. The largest absolute Gasteiger partial charge is 0.482 e. The van der Waals surface area contributed by atoms with Crippen molar-refractivity contribution in [2.75, 3.05) is 39.4 Å². The van der Waals surface area contributed by atoms with E-state index >= 15 is 0 Å². The van der Waals surface area contributed by atoms with Crippen molar-refractivity contribution in [3.8, 4) is 16.2 Å². The first kappa shape index (κ1) is 22.8. The lowest BCUT2D eigenvalue weighted by atomic mass is 10.1. The molecule has 6 nitrogen and oxygen atoms in total. The van der Waals surface area contributed by atoms with Crippen molar-refractivity contribution in [3.05, 3.63) is 41.3 Å². The average Bonchev–Trinajstić information content (AvgIpc) is 3.28. The van der Waals surface area contributed by atoms with Crippen molar-refractivity contribution in [2.45, 2.75) is 45.1 Å². The Bertz CT molecular complexity index is 906. The summed E-state index contributed by atoms with van der Waals surface area (Å²) < 4.78 is 11.8. The number of piperidine rings is 2. The molecule has 0 saturated carbocycles. The molecule has 2 fully saturated rings. The molecular weight excluding hydrogens is 424 g/mol. The first-order chi connectivity index (χ1) is 15.7. The molecule has 1 unspecified atom stereocenters. The van der Waals surface area contributed by atoms with Crippen LogP contribution in [0.3, 0.4) is 0 Å². The highest BCUT2D eigenvalue weighted by molar-refractivity contribution is 7.17. The minimum atomic E-state index is -0.0398. The summed E-state index contributed by atoms with van der Waals surface area (Å²) >= 11 is 1.43. The van der Waals surface area contributed by atoms with E-state index in [0.717, 1.165) is 49.2 Å². The maximum absolute atomic E-state index is 13.5. The molecule has 2 aromatic rings. The van der Waals surface area contributed by atoms with Crippen LogP contribution in [0.4, 0.5) is 0 Å². The number of benzene rings is 1. The number of rotatable bonds is 7. The zero-order valence-electron chi connectivity index (χ0n) is 18.8. The van der Waals surface area contributed by atoms with Gasteiger partial charge in [0.05, 0.1) is 6.10 Å². The number of hydrogen-bond donors (Lipinski definition) is 0. The highest BCUT2D eigenvalue weighted by Gasteiger charge is 2.29. The van der Waals surface area contributed by atoms with E-state index < -0.39 is 0 Å². The number of ether oxygens (including phenoxy) is 2. The van der Waals surface area contributed by atoms with Crippen LogP contribution >= 0.6 is 11.3 Å². The van der Waals surface area contributed by atoms with E-state index in [4.69, 9.17) is 9.47 Å². The molecule has 0 bridgehead atoms. The van der Waals surface area contributed by atoms with Crippen LogP contribution in [0, 0.1) is 0 Å². The Balaban J connectivity index is 1.53. The van der Waals surface area contributed by atoms with Gasteiger partial charge in [0.25, 0.3) is 11.8 Å². The Morgan fingerprint density at radius 3 is 2.53 bits per heavy atom. The quantitative estimate of drug-likeness (QED) is 0.618. The van der Waals surface area contributed by atoms with Crippen molar-refractivity contribution in [1.82, 2.24) is 9.80 Å². The monoisotopic (exact) mass is 456 g/mol. The van der Waals surface area contributed by atoms with Crippen LogP contribution in [0.5, 0.6) is 5.75 Å². The smallest absolute Gasteiger partial charge is 0.267 e. The lowest BCUT2D eigenvalue weighted by Gasteiger charge is -2.32. The lowest BCUT2D eigenvalue weighted by Crippen LogP contribution is -2.43. The first-order valence-electron chi connectivity index (χ1n) is 11.7. The number of carbonyl (C=O) groups is 2. The molecule has 2 amide bonds. The third kappa shape index (κ3) is 5.51. The van der Waals surface area contributed by atoms with Crippen LogP contribution in [0.1, 0.15) is 48.7 Å². The summed E-state index contributed by atoms with van der Waals surface area (Å²) in [6.07, 6.45) is 5.25. The highest BCUT2D eigenvalue weighted by atomic mass is 32.1. The van der Waals surface area contributed by atoms with Gasteiger partial charge in [0.15, 0.2) is 6.61 Å². The molecular formula is C25H32N2O4S. The summed E-state index contributed by atoms with van der Waals surface area (Å²) in [5.41, 5.74) is 1.04. The highest BCUT2D eigenvalue weighted by Crippen LogP contribution is 2.37. The van der Waals surface area contributed by atoms with Gasteiger partial charge >= 0.3 is 0 Å². The second-order valence-corrected chi connectivity index (χ2v) is 9.42. The number of hydrogen-bond acceptors (Lipinski definition) is 5. The molecule has 0 N–H and O–H groups in total. The molecule has 1 aromatic carbocycles. The maximum Gasteiger partial charge on any atom is 0.267 e. The van der Waals surface area contributed by atoms with E-state index in [1.807, 2.05) is 53.1 Å². The molecule has 2 aliphatic rings. The summed E-state index contributed by atoms with van der Waals surface area (Å²) in [6.45, 7) is 5.49. The summed E-state index contributed by atoms with van der Waals surface area (Å²) in [5.74, 6) is 0.453. The Morgan fingerprint density at radius 2 is 1.78 bits per heavy atom. The maximum atomic E-state index is 13.5. The fourth-order valence-electron chi connectivity index (χ4n) is 4.39. The van der Waals surface area contributed by atoms with Gasteiger partial charge in [-0.25, -0.2) is 0 Å². The zero-order chi connectivity index (χ0) is 22.3. The fraction of sp³-hybridized carbons (Fsp3) is 0.520. The Labute approximate surface area is 194 Å². The molecule has 2 aliphatic heterocycles. The average molecular weight is 457 g/mol. The van der Waals surface area contributed by atoms with Crippen LogP contribution in [-0.2, 0) is 9.53 Å². The van der Waals surface area contributed by atoms with Crippen molar-refractivity contribution in [2.24, 2.45) is 0 Å². The lowest BCUT2D eigenvalue weighted by molar-refractivity contribution is -0.134. The number of nitrogens with zero attached hydrogens (tertiary/aromatic N) is 2. The minimum Gasteiger partial charge on any atom is -0.482 e. The van der Waals surface area contributed by atoms with Crippen molar-refractivity contribution in [1.29, 1.82) is 0 Å².